The highest BCUT2D eigenvalue weighted by Crippen LogP contribution is 2.20. The van der Waals surface area contributed by atoms with Crippen LogP contribution in [-0.2, 0) is 14.6 Å². The topological polar surface area (TPSA) is 70.1 Å². The van der Waals surface area contributed by atoms with Gasteiger partial charge in [-0.2, -0.15) is 8.42 Å². The molecule has 0 spiro atoms. The maximum atomic E-state index is 9.33. The van der Waals surface area contributed by atoms with Crippen LogP contribution in [0, 0.1) is 11.8 Å². The molecule has 162 valence electrons. The zero-order valence-electron chi connectivity index (χ0n) is 18.1. The van der Waals surface area contributed by atoms with E-state index in [1.807, 2.05) is 0 Å². The molecule has 0 aromatic carbocycles. The second-order valence-electron chi connectivity index (χ2n) is 7.41. The van der Waals surface area contributed by atoms with E-state index in [4.69, 9.17) is 4.55 Å². The van der Waals surface area contributed by atoms with Crippen molar-refractivity contribution in [2.45, 2.75) is 79.1 Å². The van der Waals surface area contributed by atoms with Gasteiger partial charge in [0, 0.05) is 25.5 Å². The van der Waals surface area contributed by atoms with Crippen LogP contribution in [0.5, 0.6) is 0 Å². The molecule has 0 saturated carbocycles. The number of hydrogen-bond donors (Lipinski definition) is 1. The summed E-state index contributed by atoms with van der Waals surface area (Å²) in [5.41, 5.74) is 0. The van der Waals surface area contributed by atoms with E-state index in [0.717, 1.165) is 25.6 Å². The van der Waals surface area contributed by atoms with Crippen molar-refractivity contribution < 1.29 is 17.2 Å². The average Bonchev–Trinajstić information content (AvgIpc) is 3.08. The molecule has 0 saturated heterocycles. The van der Waals surface area contributed by atoms with Crippen LogP contribution in [0.15, 0.2) is 12.4 Å². The Hall–Kier alpha value is -0.790. The fourth-order valence-electron chi connectivity index (χ4n) is 3.25. The predicted octanol–water partition coefficient (Wildman–Crippen LogP) is 4.90. The predicted molar refractivity (Wildman–Crippen MR) is 113 cm³/mol. The average molecular weight is 407 g/mol. The van der Waals surface area contributed by atoms with Crippen molar-refractivity contribution in [3.63, 3.8) is 0 Å². The molecule has 6 nitrogen and oxygen atoms in total. The molecule has 1 rings (SSSR count). The lowest BCUT2D eigenvalue weighted by Gasteiger charge is -2.27. The van der Waals surface area contributed by atoms with Gasteiger partial charge in [0.25, 0.3) is 0 Å². The first-order chi connectivity index (χ1) is 12.8. The molecule has 0 fully saturated rings. The molecule has 0 amide bonds. The fraction of sp³-hybridized carbons (Fsp3) is 0.900. The Kier molecular flexibility index (Phi) is 14.7. The third-order valence-electron chi connectivity index (χ3n) is 5.13. The lowest BCUT2D eigenvalue weighted by molar-refractivity contribution is 0.203. The van der Waals surface area contributed by atoms with E-state index < -0.39 is 10.4 Å². The van der Waals surface area contributed by atoms with E-state index in [9.17, 15) is 8.42 Å². The Labute approximate surface area is 167 Å². The lowest BCUT2D eigenvalue weighted by Crippen LogP contribution is -2.32. The molecular formula is C20H42N2O4S. The molecule has 0 aromatic heterocycles. The summed E-state index contributed by atoms with van der Waals surface area (Å²) in [4.78, 5) is 5.05. The summed E-state index contributed by atoms with van der Waals surface area (Å²) in [5, 5.41) is 0. The Morgan fingerprint density at radius 2 is 1.30 bits per heavy atom. The molecule has 0 bridgehead atoms. The minimum atomic E-state index is -4.16. The summed E-state index contributed by atoms with van der Waals surface area (Å²) in [6.07, 6.45) is 15.5. The van der Waals surface area contributed by atoms with Gasteiger partial charge in [-0.3, -0.25) is 8.74 Å². The van der Waals surface area contributed by atoms with Crippen molar-refractivity contribution in [1.29, 1.82) is 0 Å². The second-order valence-corrected chi connectivity index (χ2v) is 8.60. The maximum absolute atomic E-state index is 9.33. The molecule has 0 aliphatic carbocycles. The van der Waals surface area contributed by atoms with Crippen molar-refractivity contribution in [1.82, 2.24) is 9.80 Å². The van der Waals surface area contributed by atoms with Gasteiger partial charge in [0.1, 0.15) is 0 Å². The van der Waals surface area contributed by atoms with Gasteiger partial charge < -0.3 is 9.80 Å². The van der Waals surface area contributed by atoms with E-state index in [2.05, 4.69) is 54.1 Å². The van der Waals surface area contributed by atoms with Crippen LogP contribution in [0.25, 0.3) is 0 Å². The molecule has 1 N–H and O–H groups in total. The van der Waals surface area contributed by atoms with Crippen molar-refractivity contribution in [2.24, 2.45) is 11.8 Å². The first kappa shape index (κ1) is 26.2. The normalized spacial score (nSPS) is 16.2. The highest BCUT2D eigenvalue weighted by atomic mass is 32.3. The summed E-state index contributed by atoms with van der Waals surface area (Å²) >= 11 is 0. The van der Waals surface area contributed by atoms with E-state index in [1.165, 1.54) is 64.5 Å². The van der Waals surface area contributed by atoms with Crippen LogP contribution >= 0.6 is 0 Å². The van der Waals surface area contributed by atoms with Crippen LogP contribution < -0.4 is 0 Å². The van der Waals surface area contributed by atoms with Crippen molar-refractivity contribution in [3.05, 3.63) is 12.4 Å². The Bertz CT molecular complexity index is 456. The zero-order valence-corrected chi connectivity index (χ0v) is 18.9. The van der Waals surface area contributed by atoms with Crippen LogP contribution in [0.3, 0.4) is 0 Å². The third kappa shape index (κ3) is 13.9. The molecule has 0 aromatic rings. The minimum absolute atomic E-state index is 0.870. The van der Waals surface area contributed by atoms with Gasteiger partial charge in [0.05, 0.1) is 13.8 Å². The summed E-state index contributed by atoms with van der Waals surface area (Å²) in [6.45, 7) is 12.9. The second kappa shape index (κ2) is 15.2. The smallest absolute Gasteiger partial charge is 0.358 e. The van der Waals surface area contributed by atoms with Gasteiger partial charge in [-0.05, 0) is 24.7 Å². The van der Waals surface area contributed by atoms with E-state index >= 15 is 0 Å². The number of rotatable bonds is 13. The van der Waals surface area contributed by atoms with Gasteiger partial charge in [0.15, 0.2) is 0 Å². The fourth-order valence-corrected chi connectivity index (χ4v) is 3.25. The molecule has 1 aliphatic rings. The first-order valence-electron chi connectivity index (χ1n) is 10.5. The lowest BCUT2D eigenvalue weighted by atomic mass is 9.99. The molecule has 1 heterocycles. The zero-order chi connectivity index (χ0) is 20.7. The number of unbranched alkanes of at least 4 members (excludes halogenated alkanes) is 2. The molecule has 2 unspecified atom stereocenters. The number of nitrogens with zero attached hydrogens (tertiary/aromatic N) is 2. The van der Waals surface area contributed by atoms with Crippen LogP contribution in [-0.4, -0.2) is 49.6 Å². The van der Waals surface area contributed by atoms with E-state index in [1.54, 1.807) is 0 Å². The molecule has 2 atom stereocenters. The monoisotopic (exact) mass is 406 g/mol. The molecule has 0 radical (unpaired) electrons. The van der Waals surface area contributed by atoms with E-state index in [0.29, 0.717) is 0 Å². The van der Waals surface area contributed by atoms with E-state index in [-0.39, 0.29) is 0 Å². The maximum Gasteiger partial charge on any atom is 0.397 e. The van der Waals surface area contributed by atoms with Crippen LogP contribution in [0.2, 0.25) is 0 Å². The summed E-state index contributed by atoms with van der Waals surface area (Å²) in [5.74, 6) is 1.74. The van der Waals surface area contributed by atoms with Crippen molar-refractivity contribution in [3.8, 4) is 0 Å². The summed E-state index contributed by atoms with van der Waals surface area (Å²) in [6, 6.07) is 0. The van der Waals surface area contributed by atoms with Crippen molar-refractivity contribution >= 4 is 10.4 Å². The highest BCUT2D eigenvalue weighted by molar-refractivity contribution is 7.80. The van der Waals surface area contributed by atoms with Gasteiger partial charge in [0.2, 0.25) is 0 Å². The minimum Gasteiger partial charge on any atom is -0.358 e. The van der Waals surface area contributed by atoms with Gasteiger partial charge >= 0.3 is 10.4 Å². The van der Waals surface area contributed by atoms with Crippen molar-refractivity contribution in [2.75, 3.05) is 26.9 Å². The molecular weight excluding hydrogens is 364 g/mol. The first-order valence-corrected chi connectivity index (χ1v) is 11.8. The highest BCUT2D eigenvalue weighted by Gasteiger charge is 2.18. The Morgan fingerprint density at radius 1 is 0.926 bits per heavy atom. The molecule has 1 aliphatic heterocycles. The van der Waals surface area contributed by atoms with Gasteiger partial charge in [-0.1, -0.05) is 66.2 Å². The number of hydrogen-bond acceptors (Lipinski definition) is 5. The third-order valence-corrected chi connectivity index (χ3v) is 5.56. The Balaban J connectivity index is 0.000000972. The quantitative estimate of drug-likeness (QED) is 0.439. The molecule has 7 heteroatoms. The molecule has 27 heavy (non-hydrogen) atoms. The SMILES string of the molecule is CCCCC(CC)CN1C=CN(CC(CC)CCCC)C1.COS(=O)(=O)O. The largest absolute Gasteiger partial charge is 0.397 e. The van der Waals surface area contributed by atoms with Gasteiger partial charge in [-0.25, -0.2) is 0 Å². The van der Waals surface area contributed by atoms with Crippen LogP contribution in [0.1, 0.15) is 79.1 Å². The van der Waals surface area contributed by atoms with Crippen LogP contribution in [0.4, 0.5) is 0 Å². The summed E-state index contributed by atoms with van der Waals surface area (Å²) < 4.78 is 29.7. The Morgan fingerprint density at radius 3 is 1.56 bits per heavy atom. The summed E-state index contributed by atoms with van der Waals surface area (Å²) in [7, 11) is -3.29. The van der Waals surface area contributed by atoms with Gasteiger partial charge in [-0.15, -0.1) is 0 Å². The standard InChI is InChI=1S/C19H38N2.CH4O4S/c1-5-9-11-18(7-3)15-20-13-14-21(17-20)16-19(8-4)12-10-6-2;1-5-6(2,3)4/h13-14,18-19H,5-12,15-17H2,1-4H3;1H3,(H,2,3,4).